The Labute approximate surface area is 155 Å². The Hall–Kier alpha value is -2.14. The number of carboxylic acid groups (broad SMARTS) is 1. The number of hydrogen-bond donors (Lipinski definition) is 1. The van der Waals surface area contributed by atoms with Crippen LogP contribution in [0.3, 0.4) is 0 Å². The Morgan fingerprint density at radius 1 is 0.923 bits per heavy atom. The van der Waals surface area contributed by atoms with E-state index in [0.29, 0.717) is 6.42 Å². The minimum Gasteiger partial charge on any atom is -0.480 e. The van der Waals surface area contributed by atoms with Crippen molar-refractivity contribution in [3.05, 3.63) is 65.7 Å². The molecule has 2 aromatic rings. The van der Waals surface area contributed by atoms with Gasteiger partial charge >= 0.3 is 5.97 Å². The van der Waals surface area contributed by atoms with Crippen molar-refractivity contribution >= 4 is 15.8 Å². The molecule has 4 nitrogen and oxygen atoms in total. The Kier molecular flexibility index (Phi) is 7.39. The molecule has 0 amide bonds. The highest BCUT2D eigenvalue weighted by molar-refractivity contribution is 7.92. The number of rotatable bonds is 10. The Morgan fingerprint density at radius 2 is 1.54 bits per heavy atom. The summed E-state index contributed by atoms with van der Waals surface area (Å²) < 4.78 is 25.2. The summed E-state index contributed by atoms with van der Waals surface area (Å²) >= 11 is 0. The van der Waals surface area contributed by atoms with Gasteiger partial charge in [-0.3, -0.25) is 4.79 Å². The maximum atomic E-state index is 12.6. The van der Waals surface area contributed by atoms with Crippen molar-refractivity contribution in [2.45, 2.75) is 55.6 Å². The van der Waals surface area contributed by atoms with E-state index in [4.69, 9.17) is 0 Å². The highest BCUT2D eigenvalue weighted by Crippen LogP contribution is 2.22. The first-order valence-electron chi connectivity index (χ1n) is 8.98. The quantitative estimate of drug-likeness (QED) is 0.625. The number of unbranched alkanes of at least 4 members (excludes halogenated alkanes) is 3. The van der Waals surface area contributed by atoms with Gasteiger partial charge in [-0.15, -0.1) is 0 Å². The summed E-state index contributed by atoms with van der Waals surface area (Å²) in [5.74, 6) is -1.27. The van der Waals surface area contributed by atoms with Gasteiger partial charge in [-0.25, -0.2) is 8.42 Å². The monoisotopic (exact) mass is 374 g/mol. The lowest BCUT2D eigenvalue weighted by atomic mass is 10.0. The zero-order valence-electron chi connectivity index (χ0n) is 15.1. The number of aryl methyl sites for hydroxylation is 2. The average molecular weight is 375 g/mol. The zero-order valence-corrected chi connectivity index (χ0v) is 15.9. The highest BCUT2D eigenvalue weighted by atomic mass is 32.2. The summed E-state index contributed by atoms with van der Waals surface area (Å²) in [6.07, 6.45) is 4.55. The van der Waals surface area contributed by atoms with Crippen LogP contribution in [0.15, 0.2) is 59.5 Å². The molecule has 0 spiro atoms. The third-order valence-electron chi connectivity index (χ3n) is 4.52. The van der Waals surface area contributed by atoms with Gasteiger partial charge in [0.25, 0.3) is 0 Å². The summed E-state index contributed by atoms with van der Waals surface area (Å²) in [5.41, 5.74) is 2.23. The molecule has 1 atom stereocenters. The summed E-state index contributed by atoms with van der Waals surface area (Å²) in [6, 6.07) is 16.6. The molecule has 0 aliphatic rings. The fourth-order valence-corrected chi connectivity index (χ4v) is 4.55. The van der Waals surface area contributed by atoms with Crippen LogP contribution in [-0.2, 0) is 21.1 Å². The van der Waals surface area contributed by atoms with E-state index in [1.165, 1.54) is 17.7 Å². The molecule has 1 unspecified atom stereocenters. The molecule has 0 aromatic heterocycles. The lowest BCUT2D eigenvalue weighted by molar-refractivity contribution is -0.136. The zero-order chi connectivity index (χ0) is 19.0. The van der Waals surface area contributed by atoms with Crippen LogP contribution in [-0.4, -0.2) is 24.7 Å². The van der Waals surface area contributed by atoms with Crippen molar-refractivity contribution < 1.29 is 18.3 Å². The topological polar surface area (TPSA) is 71.4 Å². The third kappa shape index (κ3) is 5.70. The van der Waals surface area contributed by atoms with Gasteiger partial charge < -0.3 is 5.11 Å². The first-order valence-corrected chi connectivity index (χ1v) is 10.5. The summed E-state index contributed by atoms with van der Waals surface area (Å²) in [6.45, 7) is 1.86. The molecule has 0 aliphatic carbocycles. The fraction of sp³-hybridized carbons (Fsp3) is 0.381. The number of aliphatic carboxylic acids is 1. The molecule has 0 aliphatic heterocycles. The second-order valence-electron chi connectivity index (χ2n) is 6.62. The molecule has 2 aromatic carbocycles. The largest absolute Gasteiger partial charge is 0.480 e. The maximum Gasteiger partial charge on any atom is 0.322 e. The minimum absolute atomic E-state index is 0.0829. The molecule has 2 rings (SSSR count). The van der Waals surface area contributed by atoms with Crippen LogP contribution in [0.25, 0.3) is 0 Å². The number of sulfone groups is 1. The van der Waals surface area contributed by atoms with Crippen LogP contribution in [0.1, 0.15) is 43.2 Å². The lowest BCUT2D eigenvalue weighted by Crippen LogP contribution is -2.30. The van der Waals surface area contributed by atoms with Crippen molar-refractivity contribution in [1.82, 2.24) is 0 Å². The lowest BCUT2D eigenvalue weighted by Gasteiger charge is -2.14. The van der Waals surface area contributed by atoms with E-state index >= 15 is 0 Å². The maximum absolute atomic E-state index is 12.6. The van der Waals surface area contributed by atoms with Crippen LogP contribution in [0, 0.1) is 6.92 Å². The molecular formula is C21H26O4S. The molecule has 1 N–H and O–H groups in total. The van der Waals surface area contributed by atoms with Crippen LogP contribution in [0.5, 0.6) is 0 Å². The van der Waals surface area contributed by atoms with Crippen molar-refractivity contribution in [1.29, 1.82) is 0 Å². The van der Waals surface area contributed by atoms with E-state index in [2.05, 4.69) is 12.1 Å². The van der Waals surface area contributed by atoms with E-state index in [0.717, 1.165) is 31.2 Å². The van der Waals surface area contributed by atoms with Crippen LogP contribution >= 0.6 is 0 Å². The predicted octanol–water partition coefficient (Wildman–Crippen LogP) is 4.42. The highest BCUT2D eigenvalue weighted by Gasteiger charge is 2.33. The first-order chi connectivity index (χ1) is 12.4. The molecule has 0 saturated carbocycles. The fourth-order valence-electron chi connectivity index (χ4n) is 2.96. The number of carbonyl (C=O) groups is 1. The number of hydrogen-bond acceptors (Lipinski definition) is 3. The Balaban J connectivity index is 1.84. The van der Waals surface area contributed by atoms with E-state index in [1.54, 1.807) is 12.1 Å². The number of carboxylic acids is 1. The van der Waals surface area contributed by atoms with Crippen LogP contribution < -0.4 is 0 Å². The second-order valence-corrected chi connectivity index (χ2v) is 8.75. The Bertz CT molecular complexity index is 796. The molecule has 0 radical (unpaired) electrons. The smallest absolute Gasteiger partial charge is 0.322 e. The van der Waals surface area contributed by atoms with E-state index in [-0.39, 0.29) is 11.3 Å². The van der Waals surface area contributed by atoms with Gasteiger partial charge in [0.05, 0.1) is 4.90 Å². The molecular weight excluding hydrogens is 348 g/mol. The standard InChI is InChI=1S/C21H26O4S/c1-17-13-15-19(16-14-17)26(24,25)20(21(22)23)12-8-3-2-5-9-18-10-6-4-7-11-18/h4,6-7,10-11,13-16,20H,2-3,5,8-9,12H2,1H3,(H,22,23). The second kappa shape index (κ2) is 9.53. The average Bonchev–Trinajstić information content (AvgIpc) is 2.61. The number of benzene rings is 2. The van der Waals surface area contributed by atoms with E-state index in [1.807, 2.05) is 25.1 Å². The molecule has 0 bridgehead atoms. The molecule has 5 heteroatoms. The van der Waals surface area contributed by atoms with Crippen molar-refractivity contribution in [3.8, 4) is 0 Å². The predicted molar refractivity (Wildman–Crippen MR) is 103 cm³/mol. The van der Waals surface area contributed by atoms with Crippen LogP contribution in [0.4, 0.5) is 0 Å². The van der Waals surface area contributed by atoms with E-state index < -0.39 is 21.1 Å². The third-order valence-corrected chi connectivity index (χ3v) is 6.64. The van der Waals surface area contributed by atoms with Gasteiger partial charge in [0, 0.05) is 0 Å². The molecule has 140 valence electrons. The minimum atomic E-state index is -3.85. The van der Waals surface area contributed by atoms with Gasteiger partial charge in [-0.05, 0) is 43.9 Å². The van der Waals surface area contributed by atoms with Crippen molar-refractivity contribution in [2.75, 3.05) is 0 Å². The normalized spacial score (nSPS) is 12.7. The van der Waals surface area contributed by atoms with Crippen molar-refractivity contribution in [2.24, 2.45) is 0 Å². The molecule has 0 heterocycles. The van der Waals surface area contributed by atoms with Crippen LogP contribution in [0.2, 0.25) is 0 Å². The summed E-state index contributed by atoms with van der Waals surface area (Å²) in [5, 5.41) is 8.02. The summed E-state index contributed by atoms with van der Waals surface area (Å²) in [7, 11) is -3.85. The van der Waals surface area contributed by atoms with Gasteiger partial charge in [-0.1, -0.05) is 67.3 Å². The first kappa shape index (κ1) is 20.2. The van der Waals surface area contributed by atoms with Gasteiger partial charge in [0.2, 0.25) is 0 Å². The summed E-state index contributed by atoms with van der Waals surface area (Å²) in [4.78, 5) is 11.6. The SMILES string of the molecule is Cc1ccc(S(=O)(=O)C(CCCCCCc2ccccc2)C(=O)O)cc1. The van der Waals surface area contributed by atoms with Gasteiger partial charge in [-0.2, -0.15) is 0 Å². The van der Waals surface area contributed by atoms with Gasteiger partial charge in [0.1, 0.15) is 0 Å². The molecule has 26 heavy (non-hydrogen) atoms. The Morgan fingerprint density at radius 3 is 2.15 bits per heavy atom. The van der Waals surface area contributed by atoms with Gasteiger partial charge in [0.15, 0.2) is 15.1 Å². The molecule has 0 saturated heterocycles. The van der Waals surface area contributed by atoms with Crippen molar-refractivity contribution in [3.63, 3.8) is 0 Å². The molecule has 0 fully saturated rings. The van der Waals surface area contributed by atoms with E-state index in [9.17, 15) is 18.3 Å².